The van der Waals surface area contributed by atoms with E-state index in [0.29, 0.717) is 40.8 Å². The van der Waals surface area contributed by atoms with Crippen molar-refractivity contribution in [1.82, 2.24) is 25.2 Å². The van der Waals surface area contributed by atoms with Crippen LogP contribution < -0.4 is 15.4 Å². The normalized spacial score (nSPS) is 13.9. The molecular formula is C29H34N6O5S. The zero-order chi connectivity index (χ0) is 29.8. The number of hydrogen-bond acceptors (Lipinski definition) is 7. The Labute approximate surface area is 238 Å². The van der Waals surface area contributed by atoms with Crippen LogP contribution in [0.25, 0.3) is 10.9 Å². The number of amides is 1. The van der Waals surface area contributed by atoms with E-state index in [1.165, 1.54) is 6.07 Å². The summed E-state index contributed by atoms with van der Waals surface area (Å²) >= 11 is 0. The van der Waals surface area contributed by atoms with E-state index in [4.69, 9.17) is 0 Å². The van der Waals surface area contributed by atoms with Crippen molar-refractivity contribution in [2.45, 2.75) is 51.1 Å². The summed E-state index contributed by atoms with van der Waals surface area (Å²) in [6, 6.07) is 13.6. The summed E-state index contributed by atoms with van der Waals surface area (Å²) in [5, 5.41) is 23.6. The summed E-state index contributed by atoms with van der Waals surface area (Å²) in [6.45, 7) is 7.42. The van der Waals surface area contributed by atoms with Crippen LogP contribution in [0.4, 0.5) is 5.82 Å². The Morgan fingerprint density at radius 2 is 1.80 bits per heavy atom. The van der Waals surface area contributed by atoms with E-state index >= 15 is 0 Å². The largest absolute Gasteiger partial charge is 0.478 e. The average Bonchev–Trinajstić information content (AvgIpc) is 3.36. The third-order valence-corrected chi connectivity index (χ3v) is 8.64. The summed E-state index contributed by atoms with van der Waals surface area (Å²) in [5.41, 5.74) is 0.342. The first-order valence-corrected chi connectivity index (χ1v) is 14.6. The van der Waals surface area contributed by atoms with Crippen molar-refractivity contribution in [2.75, 3.05) is 11.9 Å². The number of aromatic amines is 1. The second-order valence-corrected chi connectivity index (χ2v) is 12.0. The predicted molar refractivity (Wildman–Crippen MR) is 156 cm³/mol. The summed E-state index contributed by atoms with van der Waals surface area (Å²) < 4.78 is 30.0. The van der Waals surface area contributed by atoms with Crippen molar-refractivity contribution in [1.29, 1.82) is 0 Å². The number of aryl methyl sites for hydroxylation is 3. The maximum Gasteiger partial charge on any atom is 0.345 e. The minimum atomic E-state index is -4.39. The lowest BCUT2D eigenvalue weighted by atomic mass is 9.93. The lowest BCUT2D eigenvalue weighted by molar-refractivity contribution is -0.146. The number of benzene rings is 2. The van der Waals surface area contributed by atoms with Crippen LogP contribution in [-0.2, 0) is 14.8 Å². The van der Waals surface area contributed by atoms with Crippen LogP contribution in [0.1, 0.15) is 46.8 Å². The standard InChI is InChI=1S/C29H34N6O5S/c1-18(10-12-31-25-7-5-6-11-30-25)16-29(28(37)38,33-27(36)22-8-9-24-23(15-22)17-32-34-24)35-41(39,40)26-20(3)13-19(2)14-21(26)4/h5-9,11,13-15,17-18,35H,10,12,16H2,1-4H3,(H,30,31)(H,32,34)(H,33,36)(H,37,38)/t18?,29-/m0/s1. The number of carbonyl (C=O) groups excluding carboxylic acids is 1. The van der Waals surface area contributed by atoms with E-state index < -0.39 is 27.6 Å². The minimum absolute atomic E-state index is 0.0211. The highest BCUT2D eigenvalue weighted by atomic mass is 32.2. The van der Waals surface area contributed by atoms with Gasteiger partial charge in [-0.3, -0.25) is 9.89 Å². The van der Waals surface area contributed by atoms with Gasteiger partial charge in [0.25, 0.3) is 5.91 Å². The molecule has 2 atom stereocenters. The van der Waals surface area contributed by atoms with Gasteiger partial charge >= 0.3 is 5.97 Å². The Morgan fingerprint density at radius 1 is 1.07 bits per heavy atom. The number of carboxylic acids is 1. The monoisotopic (exact) mass is 578 g/mol. The van der Waals surface area contributed by atoms with Crippen molar-refractivity contribution in [3.63, 3.8) is 0 Å². The number of anilines is 1. The fourth-order valence-electron chi connectivity index (χ4n) is 5.06. The number of sulfonamides is 1. The summed E-state index contributed by atoms with van der Waals surface area (Å²) in [7, 11) is -4.39. The topological polar surface area (TPSA) is 166 Å². The number of carbonyl (C=O) groups is 2. The molecule has 0 aliphatic carbocycles. The number of H-pyrrole nitrogens is 1. The van der Waals surface area contributed by atoms with Gasteiger partial charge in [0.05, 0.1) is 16.6 Å². The highest BCUT2D eigenvalue weighted by Crippen LogP contribution is 2.27. The number of pyridine rings is 1. The van der Waals surface area contributed by atoms with Gasteiger partial charge in [0.15, 0.2) is 0 Å². The van der Waals surface area contributed by atoms with Gasteiger partial charge in [0.2, 0.25) is 15.7 Å². The van der Waals surface area contributed by atoms with Gasteiger partial charge in [0.1, 0.15) is 5.82 Å². The third kappa shape index (κ3) is 6.90. The molecule has 41 heavy (non-hydrogen) atoms. The summed E-state index contributed by atoms with van der Waals surface area (Å²) in [6.07, 6.45) is 3.46. The summed E-state index contributed by atoms with van der Waals surface area (Å²) in [4.78, 5) is 30.6. The molecule has 11 nitrogen and oxygen atoms in total. The first kappa shape index (κ1) is 29.7. The van der Waals surface area contributed by atoms with E-state index in [1.807, 2.05) is 19.1 Å². The number of hydrogen-bond donors (Lipinski definition) is 5. The minimum Gasteiger partial charge on any atom is -0.478 e. The molecule has 12 heteroatoms. The third-order valence-electron chi connectivity index (χ3n) is 6.84. The quantitative estimate of drug-likeness (QED) is 0.158. The van der Waals surface area contributed by atoms with Crippen LogP contribution in [-0.4, -0.2) is 52.8 Å². The van der Waals surface area contributed by atoms with Gasteiger partial charge in [-0.25, -0.2) is 18.2 Å². The number of fused-ring (bicyclic) bond motifs is 1. The van der Waals surface area contributed by atoms with Gasteiger partial charge in [-0.2, -0.15) is 9.82 Å². The maximum atomic E-state index is 13.8. The number of rotatable bonds is 12. The zero-order valence-corrected chi connectivity index (χ0v) is 24.2. The van der Waals surface area contributed by atoms with Crippen LogP contribution in [0, 0.1) is 26.7 Å². The Kier molecular flexibility index (Phi) is 8.74. The maximum absolute atomic E-state index is 13.8. The number of carboxylic acid groups (broad SMARTS) is 1. The van der Waals surface area contributed by atoms with Crippen LogP contribution >= 0.6 is 0 Å². The lowest BCUT2D eigenvalue weighted by Gasteiger charge is -2.34. The number of nitrogens with one attached hydrogen (secondary N) is 4. The number of nitrogens with zero attached hydrogens (tertiary/aromatic N) is 2. The fraction of sp³-hybridized carbons (Fsp3) is 0.310. The van der Waals surface area contributed by atoms with Crippen LogP contribution in [0.5, 0.6) is 0 Å². The Bertz CT molecular complexity index is 1650. The average molecular weight is 579 g/mol. The van der Waals surface area contributed by atoms with Gasteiger partial charge in [-0.1, -0.05) is 30.7 Å². The van der Waals surface area contributed by atoms with Crippen LogP contribution in [0.2, 0.25) is 0 Å². The van der Waals surface area contributed by atoms with E-state index in [-0.39, 0.29) is 22.8 Å². The summed E-state index contributed by atoms with van der Waals surface area (Å²) in [5.74, 6) is -1.93. The first-order valence-electron chi connectivity index (χ1n) is 13.2. The fourth-order valence-corrected chi connectivity index (χ4v) is 6.81. The van der Waals surface area contributed by atoms with Crippen LogP contribution in [0.3, 0.4) is 0 Å². The molecular weight excluding hydrogens is 544 g/mol. The zero-order valence-electron chi connectivity index (χ0n) is 23.4. The predicted octanol–water partition coefficient (Wildman–Crippen LogP) is 3.90. The van der Waals surface area contributed by atoms with Gasteiger partial charge < -0.3 is 15.7 Å². The second kappa shape index (κ2) is 12.1. The molecule has 0 saturated heterocycles. The molecule has 2 heterocycles. The SMILES string of the molecule is Cc1cc(C)c(S(=O)(=O)N[C@](CC(C)CCNc2ccccn2)(NC(=O)c2ccc3[nH]ncc3c2)C(=O)O)c(C)c1. The molecule has 0 aliphatic rings. The molecule has 4 aromatic rings. The van der Waals surface area contributed by atoms with E-state index in [0.717, 1.165) is 5.56 Å². The Balaban J connectivity index is 1.66. The molecule has 216 valence electrons. The van der Waals surface area contributed by atoms with Crippen molar-refractivity contribution >= 4 is 38.6 Å². The van der Waals surface area contributed by atoms with Crippen LogP contribution in [0.15, 0.2) is 65.8 Å². The molecule has 0 aliphatic heterocycles. The van der Waals surface area contributed by atoms with Gasteiger partial charge in [0, 0.05) is 23.7 Å². The van der Waals surface area contributed by atoms with Gasteiger partial charge in [-0.05, 0) is 81.0 Å². The molecule has 2 aromatic carbocycles. The van der Waals surface area contributed by atoms with Gasteiger partial charge in [-0.15, -0.1) is 0 Å². The van der Waals surface area contributed by atoms with E-state index in [1.54, 1.807) is 63.5 Å². The Hall–Kier alpha value is -4.29. The number of aliphatic carboxylic acids is 1. The molecule has 1 unspecified atom stereocenters. The van der Waals surface area contributed by atoms with Crippen molar-refractivity contribution in [3.8, 4) is 0 Å². The van der Waals surface area contributed by atoms with Crippen molar-refractivity contribution in [3.05, 3.63) is 83.2 Å². The molecule has 0 bridgehead atoms. The highest BCUT2D eigenvalue weighted by molar-refractivity contribution is 7.89. The second-order valence-electron chi connectivity index (χ2n) is 10.4. The first-order chi connectivity index (χ1) is 19.4. The van der Waals surface area contributed by atoms with E-state index in [9.17, 15) is 23.1 Å². The highest BCUT2D eigenvalue weighted by Gasteiger charge is 2.45. The van der Waals surface area contributed by atoms with E-state index in [2.05, 4.69) is 30.5 Å². The molecule has 0 spiro atoms. The molecule has 0 radical (unpaired) electrons. The molecule has 0 saturated carbocycles. The van der Waals surface area contributed by atoms with Crippen molar-refractivity contribution in [2.24, 2.45) is 5.92 Å². The number of aromatic nitrogens is 3. The molecule has 5 N–H and O–H groups in total. The van der Waals surface area contributed by atoms with Crippen molar-refractivity contribution < 1.29 is 23.1 Å². The molecule has 2 aromatic heterocycles. The molecule has 0 fully saturated rings. The molecule has 1 amide bonds. The smallest absolute Gasteiger partial charge is 0.345 e. The molecule has 4 rings (SSSR count). The Morgan fingerprint density at radius 3 is 2.46 bits per heavy atom. The lowest BCUT2D eigenvalue weighted by Crippen LogP contribution is -2.66.